The largest absolute Gasteiger partial charge is 0.435 e. The highest BCUT2D eigenvalue weighted by molar-refractivity contribution is 5.87. The molecule has 0 bridgehead atoms. The summed E-state index contributed by atoms with van der Waals surface area (Å²) >= 11 is 0. The molecule has 0 fully saturated rings. The number of ether oxygens (including phenoxy) is 1. The van der Waals surface area contributed by atoms with Crippen molar-refractivity contribution in [3.05, 3.63) is 77.3 Å². The van der Waals surface area contributed by atoms with Gasteiger partial charge in [-0.2, -0.15) is 8.78 Å². The lowest BCUT2D eigenvalue weighted by Gasteiger charge is -2.14. The summed E-state index contributed by atoms with van der Waals surface area (Å²) in [6, 6.07) is 16.6. The zero-order chi connectivity index (χ0) is 22.4. The summed E-state index contributed by atoms with van der Waals surface area (Å²) in [5.74, 6) is 0.249. The monoisotopic (exact) mass is 433 g/mol. The first-order valence-corrected chi connectivity index (χ1v) is 9.70. The van der Waals surface area contributed by atoms with Gasteiger partial charge in [-0.3, -0.25) is 9.36 Å². The maximum Gasteiger partial charge on any atom is 0.387 e. The van der Waals surface area contributed by atoms with Gasteiger partial charge in [-0.05, 0) is 60.2 Å². The molecule has 0 aliphatic carbocycles. The Hall–Kier alpha value is -4.27. The van der Waals surface area contributed by atoms with E-state index in [-0.39, 0.29) is 17.1 Å². The molecule has 0 aliphatic rings. The molecule has 2 N–H and O–H groups in total. The Kier molecular flexibility index (Phi) is 4.58. The van der Waals surface area contributed by atoms with Crippen LogP contribution in [0, 0.1) is 0 Å². The highest BCUT2D eigenvalue weighted by atomic mass is 19.3. The molecule has 9 heteroatoms. The van der Waals surface area contributed by atoms with E-state index in [0.29, 0.717) is 22.3 Å². The van der Waals surface area contributed by atoms with Crippen LogP contribution in [0.5, 0.6) is 5.75 Å². The van der Waals surface area contributed by atoms with E-state index in [4.69, 9.17) is 5.73 Å². The zero-order valence-electron chi connectivity index (χ0n) is 16.9. The molecule has 160 valence electrons. The number of pyridine rings is 2. The fourth-order valence-corrected chi connectivity index (χ4v) is 3.72. The van der Waals surface area contributed by atoms with Gasteiger partial charge < -0.3 is 15.0 Å². The molecule has 32 heavy (non-hydrogen) atoms. The second-order valence-corrected chi connectivity index (χ2v) is 7.28. The number of nitrogens with zero attached hydrogens (tertiary/aromatic N) is 4. The average Bonchev–Trinajstić information content (AvgIpc) is 3.14. The quantitative estimate of drug-likeness (QED) is 0.461. The van der Waals surface area contributed by atoms with E-state index in [2.05, 4.69) is 14.7 Å². The molecule has 5 aromatic rings. The number of hydrogen-bond donors (Lipinski definition) is 1. The molecule has 5 rings (SSSR count). The molecular weight excluding hydrogens is 416 g/mol. The molecule has 0 saturated heterocycles. The van der Waals surface area contributed by atoms with Crippen LogP contribution in [0.2, 0.25) is 0 Å². The van der Waals surface area contributed by atoms with Gasteiger partial charge >= 0.3 is 6.61 Å². The number of nitrogen functional groups attached to an aromatic ring is 1. The number of alkyl halides is 2. The maximum atomic E-state index is 13.6. The van der Waals surface area contributed by atoms with E-state index < -0.39 is 6.61 Å². The Balaban J connectivity index is 1.75. The van der Waals surface area contributed by atoms with Crippen LogP contribution in [0.3, 0.4) is 0 Å². The molecule has 0 aliphatic heterocycles. The standard InChI is InChI=1S/C23H17F2N5O2/c1-29-12-27-18-8-2-13(11-19(18)29)17-10-14-3-9-20(26)28-21(14)30(22(17)31)15-4-6-16(7-5-15)32-23(24)25/h2-12,23H,1H3,(H2,26,28). The Morgan fingerprint density at radius 2 is 1.81 bits per heavy atom. The van der Waals surface area contributed by atoms with Crippen LogP contribution < -0.4 is 16.0 Å². The van der Waals surface area contributed by atoms with Crippen LogP contribution in [0.4, 0.5) is 14.6 Å². The fourth-order valence-electron chi connectivity index (χ4n) is 3.72. The van der Waals surface area contributed by atoms with Crippen molar-refractivity contribution >= 4 is 27.9 Å². The Morgan fingerprint density at radius 3 is 2.56 bits per heavy atom. The number of rotatable bonds is 4. The number of imidazole rings is 1. The van der Waals surface area contributed by atoms with E-state index in [1.54, 1.807) is 24.5 Å². The second-order valence-electron chi connectivity index (χ2n) is 7.28. The minimum Gasteiger partial charge on any atom is -0.435 e. The van der Waals surface area contributed by atoms with Gasteiger partial charge in [0.05, 0.1) is 23.0 Å². The SMILES string of the molecule is Cn1cnc2ccc(-c3cc4ccc(N)nc4n(-c4ccc(OC(F)F)cc4)c3=O)cc21. The van der Waals surface area contributed by atoms with Crippen molar-refractivity contribution in [2.45, 2.75) is 6.61 Å². The normalized spacial score (nSPS) is 11.5. The van der Waals surface area contributed by atoms with Crippen molar-refractivity contribution in [3.63, 3.8) is 0 Å². The zero-order valence-corrected chi connectivity index (χ0v) is 16.9. The lowest BCUT2D eigenvalue weighted by molar-refractivity contribution is -0.0498. The summed E-state index contributed by atoms with van der Waals surface area (Å²) in [6.07, 6.45) is 1.71. The summed E-state index contributed by atoms with van der Waals surface area (Å²) in [5.41, 5.74) is 9.25. The van der Waals surface area contributed by atoms with Crippen molar-refractivity contribution in [1.29, 1.82) is 0 Å². The highest BCUT2D eigenvalue weighted by Crippen LogP contribution is 2.26. The van der Waals surface area contributed by atoms with Crippen molar-refractivity contribution in [1.82, 2.24) is 19.1 Å². The Labute approximate surface area is 180 Å². The van der Waals surface area contributed by atoms with Gasteiger partial charge in [-0.1, -0.05) is 6.07 Å². The summed E-state index contributed by atoms with van der Waals surface area (Å²) in [7, 11) is 1.88. The van der Waals surface area contributed by atoms with Gasteiger partial charge in [0.2, 0.25) is 0 Å². The van der Waals surface area contributed by atoms with Crippen molar-refractivity contribution in [2.75, 3.05) is 5.73 Å². The number of fused-ring (bicyclic) bond motifs is 2. The predicted octanol–water partition coefficient (Wildman–Crippen LogP) is 4.12. The molecule has 0 radical (unpaired) electrons. The first-order valence-electron chi connectivity index (χ1n) is 9.70. The number of benzene rings is 2. The summed E-state index contributed by atoms with van der Waals surface area (Å²) < 4.78 is 32.7. The van der Waals surface area contributed by atoms with Crippen molar-refractivity contribution in [2.24, 2.45) is 7.05 Å². The molecule has 3 aromatic heterocycles. The molecule has 0 atom stereocenters. The Bertz CT molecular complexity index is 1520. The van der Waals surface area contributed by atoms with Gasteiger partial charge in [-0.25, -0.2) is 9.97 Å². The van der Waals surface area contributed by atoms with Crippen LogP contribution in [-0.4, -0.2) is 25.7 Å². The van der Waals surface area contributed by atoms with Crippen LogP contribution in [-0.2, 0) is 7.05 Å². The first kappa shape index (κ1) is 19.7. The lowest BCUT2D eigenvalue weighted by atomic mass is 10.0. The summed E-state index contributed by atoms with van der Waals surface area (Å²) in [4.78, 5) is 22.3. The van der Waals surface area contributed by atoms with E-state index >= 15 is 0 Å². The average molecular weight is 433 g/mol. The minimum absolute atomic E-state index is 0.00797. The third kappa shape index (κ3) is 3.33. The molecule has 0 unspecified atom stereocenters. The van der Waals surface area contributed by atoms with E-state index in [0.717, 1.165) is 16.6 Å². The minimum atomic E-state index is -2.93. The fraction of sp³-hybridized carbons (Fsp3) is 0.0870. The molecule has 0 saturated carbocycles. The second kappa shape index (κ2) is 7.45. The summed E-state index contributed by atoms with van der Waals surface area (Å²) in [6.45, 7) is -2.93. The topological polar surface area (TPSA) is 88.0 Å². The van der Waals surface area contributed by atoms with Gasteiger partial charge in [0.25, 0.3) is 5.56 Å². The van der Waals surface area contributed by atoms with Gasteiger partial charge in [0.1, 0.15) is 17.2 Å². The number of hydrogen-bond acceptors (Lipinski definition) is 5. The van der Waals surface area contributed by atoms with Gasteiger partial charge in [0.15, 0.2) is 0 Å². The number of nitrogens with two attached hydrogens (primary N) is 1. The number of aromatic nitrogens is 4. The predicted molar refractivity (Wildman–Crippen MR) is 118 cm³/mol. The van der Waals surface area contributed by atoms with E-state index in [9.17, 15) is 13.6 Å². The number of anilines is 1. The molecule has 0 spiro atoms. The first-order chi connectivity index (χ1) is 15.4. The molecule has 7 nitrogen and oxygen atoms in total. The van der Waals surface area contributed by atoms with Crippen LogP contribution in [0.25, 0.3) is 38.9 Å². The summed E-state index contributed by atoms with van der Waals surface area (Å²) in [5, 5.41) is 0.701. The Morgan fingerprint density at radius 1 is 1.03 bits per heavy atom. The van der Waals surface area contributed by atoms with Crippen LogP contribution in [0.15, 0.2) is 71.8 Å². The van der Waals surface area contributed by atoms with E-state index in [1.165, 1.54) is 28.8 Å². The number of halogens is 2. The third-order valence-corrected chi connectivity index (χ3v) is 5.23. The molecule has 2 aromatic carbocycles. The third-order valence-electron chi connectivity index (χ3n) is 5.23. The number of aryl methyl sites for hydroxylation is 1. The molecule has 0 amide bonds. The van der Waals surface area contributed by atoms with Crippen molar-refractivity contribution in [3.8, 4) is 22.6 Å². The van der Waals surface area contributed by atoms with Gasteiger partial charge in [0, 0.05) is 18.0 Å². The smallest absolute Gasteiger partial charge is 0.387 e. The van der Waals surface area contributed by atoms with Gasteiger partial charge in [-0.15, -0.1) is 0 Å². The lowest BCUT2D eigenvalue weighted by Crippen LogP contribution is -2.21. The van der Waals surface area contributed by atoms with Crippen LogP contribution in [0.1, 0.15) is 0 Å². The van der Waals surface area contributed by atoms with E-state index in [1.807, 2.05) is 29.8 Å². The molecular formula is C23H17F2N5O2. The van der Waals surface area contributed by atoms with Crippen LogP contribution >= 0.6 is 0 Å². The highest BCUT2D eigenvalue weighted by Gasteiger charge is 2.15. The molecule has 3 heterocycles. The maximum absolute atomic E-state index is 13.6. The van der Waals surface area contributed by atoms with Crippen molar-refractivity contribution < 1.29 is 13.5 Å².